The summed E-state index contributed by atoms with van der Waals surface area (Å²) in [5.74, 6) is 0.987. The number of nitrogens with one attached hydrogen (secondary N) is 1. The molecule has 0 bridgehead atoms. The third kappa shape index (κ3) is 6.07. The van der Waals surface area contributed by atoms with Gasteiger partial charge >= 0.3 is 16.5 Å². The van der Waals surface area contributed by atoms with E-state index < -0.39 is 0 Å². The number of H-pyrrole nitrogens is 1. The summed E-state index contributed by atoms with van der Waals surface area (Å²) in [6, 6.07) is 12.1. The van der Waals surface area contributed by atoms with Gasteiger partial charge in [0, 0.05) is 44.4 Å². The summed E-state index contributed by atoms with van der Waals surface area (Å²) in [5, 5.41) is 0. The van der Waals surface area contributed by atoms with Gasteiger partial charge in [0.15, 0.2) is 0 Å². The Balaban J connectivity index is 1.56. The van der Waals surface area contributed by atoms with Gasteiger partial charge in [-0.05, 0) is 30.8 Å². The predicted molar refractivity (Wildman–Crippen MR) is 100 cm³/mol. The summed E-state index contributed by atoms with van der Waals surface area (Å²) in [4.78, 5) is 18.8. The quantitative estimate of drug-likeness (QED) is 0.589. The van der Waals surface area contributed by atoms with Crippen LogP contribution in [0.4, 0.5) is 0 Å². The SMILES string of the molecule is [AlH2][N](CCN(Cc1ccccn1)Cc1ncc[nH]1)Cc1ccccn1. The molecule has 0 aliphatic rings. The Morgan fingerprint density at radius 2 is 1.52 bits per heavy atom. The van der Waals surface area contributed by atoms with E-state index >= 15 is 0 Å². The molecule has 0 amide bonds. The van der Waals surface area contributed by atoms with Crippen molar-refractivity contribution >= 4 is 16.5 Å². The van der Waals surface area contributed by atoms with Gasteiger partial charge in [-0.1, -0.05) is 12.1 Å². The Kier molecular flexibility index (Phi) is 6.72. The van der Waals surface area contributed by atoms with Crippen LogP contribution < -0.4 is 0 Å². The third-order valence-electron chi connectivity index (χ3n) is 4.00. The summed E-state index contributed by atoms with van der Waals surface area (Å²) in [5.41, 5.74) is 2.21. The molecule has 3 aromatic rings. The van der Waals surface area contributed by atoms with Crippen molar-refractivity contribution in [1.82, 2.24) is 28.7 Å². The monoisotopic (exact) mass is 350 g/mol. The van der Waals surface area contributed by atoms with Crippen molar-refractivity contribution < 1.29 is 0 Å². The Bertz CT molecular complexity index is 720. The van der Waals surface area contributed by atoms with E-state index in [1.165, 1.54) is 0 Å². The normalized spacial score (nSPS) is 11.3. The van der Waals surface area contributed by atoms with Gasteiger partial charge in [0.1, 0.15) is 5.82 Å². The van der Waals surface area contributed by atoms with Crippen LogP contribution in [0.2, 0.25) is 0 Å². The number of hydrogen-bond acceptors (Lipinski definition) is 5. The highest BCUT2D eigenvalue weighted by molar-refractivity contribution is 6.04. The molecular weight excluding hydrogens is 327 g/mol. The summed E-state index contributed by atoms with van der Waals surface area (Å²) in [6.45, 7) is 4.50. The minimum Gasteiger partial charge on any atom is -0.385 e. The molecule has 0 aliphatic heterocycles. The molecule has 0 saturated heterocycles. The van der Waals surface area contributed by atoms with Crippen molar-refractivity contribution in [1.29, 1.82) is 0 Å². The van der Waals surface area contributed by atoms with Crippen LogP contribution in [0.25, 0.3) is 0 Å². The zero-order valence-corrected chi connectivity index (χ0v) is 16.5. The Morgan fingerprint density at radius 3 is 2.12 bits per heavy atom. The summed E-state index contributed by atoms with van der Waals surface area (Å²) in [6.07, 6.45) is 7.37. The summed E-state index contributed by atoms with van der Waals surface area (Å²) >= 11 is 1.01. The highest BCUT2D eigenvalue weighted by Crippen LogP contribution is 2.06. The van der Waals surface area contributed by atoms with E-state index in [0.717, 1.165) is 66.4 Å². The van der Waals surface area contributed by atoms with Gasteiger partial charge in [0.25, 0.3) is 0 Å². The van der Waals surface area contributed by atoms with Crippen LogP contribution in [0.5, 0.6) is 0 Å². The molecule has 0 atom stereocenters. The van der Waals surface area contributed by atoms with E-state index in [-0.39, 0.29) is 0 Å². The van der Waals surface area contributed by atoms with E-state index in [9.17, 15) is 0 Å². The second-order valence-corrected chi connectivity index (χ2v) is 7.39. The lowest BCUT2D eigenvalue weighted by Crippen LogP contribution is -2.33. The fraction of sp³-hybridized carbons (Fsp3) is 0.278. The first-order valence-corrected chi connectivity index (χ1v) is 9.38. The number of aromatic amines is 1. The smallest absolute Gasteiger partial charge is 0.322 e. The zero-order chi connectivity index (χ0) is 17.3. The largest absolute Gasteiger partial charge is 0.385 e. The van der Waals surface area contributed by atoms with Crippen molar-refractivity contribution in [2.24, 2.45) is 0 Å². The second-order valence-electron chi connectivity index (χ2n) is 6.13. The first kappa shape index (κ1) is 17.8. The molecule has 3 heterocycles. The molecule has 0 aromatic carbocycles. The number of rotatable bonds is 9. The number of aromatic nitrogens is 4. The van der Waals surface area contributed by atoms with Gasteiger partial charge in [-0.2, -0.15) is 0 Å². The van der Waals surface area contributed by atoms with E-state index in [4.69, 9.17) is 0 Å². The molecule has 3 aromatic heterocycles. The minimum atomic E-state index is 0.794. The molecule has 0 aliphatic carbocycles. The zero-order valence-electron chi connectivity index (χ0n) is 14.5. The lowest BCUT2D eigenvalue weighted by molar-refractivity contribution is 0.227. The predicted octanol–water partition coefficient (Wildman–Crippen LogP) is 1.25. The topological polar surface area (TPSA) is 60.9 Å². The molecule has 128 valence electrons. The highest BCUT2D eigenvalue weighted by atomic mass is 27.1. The molecule has 7 heteroatoms. The molecule has 0 fully saturated rings. The maximum absolute atomic E-state index is 4.46. The van der Waals surface area contributed by atoms with Crippen LogP contribution >= 0.6 is 0 Å². The molecule has 25 heavy (non-hydrogen) atoms. The van der Waals surface area contributed by atoms with E-state index in [2.05, 4.69) is 40.9 Å². The Labute approximate surface area is 156 Å². The number of hydrogen-bond donors (Lipinski definition) is 1. The molecule has 0 saturated carbocycles. The van der Waals surface area contributed by atoms with Crippen LogP contribution in [0.15, 0.2) is 61.2 Å². The molecular formula is C18H23AlN6. The van der Waals surface area contributed by atoms with Crippen molar-refractivity contribution in [3.63, 3.8) is 0 Å². The molecule has 0 unspecified atom stereocenters. The van der Waals surface area contributed by atoms with E-state index in [0.29, 0.717) is 0 Å². The highest BCUT2D eigenvalue weighted by Gasteiger charge is 2.11. The molecule has 0 radical (unpaired) electrons. The van der Waals surface area contributed by atoms with Crippen molar-refractivity contribution in [2.45, 2.75) is 19.6 Å². The number of nitrogens with zero attached hydrogens (tertiary/aromatic N) is 5. The van der Waals surface area contributed by atoms with Gasteiger partial charge < -0.3 is 8.87 Å². The van der Waals surface area contributed by atoms with Gasteiger partial charge in [0.05, 0.1) is 17.9 Å². The molecule has 1 N–H and O–H groups in total. The van der Waals surface area contributed by atoms with Gasteiger partial charge in [0.2, 0.25) is 0 Å². The molecule has 0 spiro atoms. The Hall–Kier alpha value is -2.04. The summed E-state index contributed by atoms with van der Waals surface area (Å²) < 4.78 is 2.43. The first-order chi connectivity index (χ1) is 12.3. The lowest BCUT2D eigenvalue weighted by Gasteiger charge is -2.25. The van der Waals surface area contributed by atoms with Gasteiger partial charge in [-0.15, -0.1) is 0 Å². The van der Waals surface area contributed by atoms with Crippen molar-refractivity contribution in [3.8, 4) is 0 Å². The average molecular weight is 350 g/mol. The second kappa shape index (κ2) is 9.45. The van der Waals surface area contributed by atoms with Gasteiger partial charge in [-0.25, -0.2) is 4.98 Å². The minimum absolute atomic E-state index is 0.794. The number of pyridine rings is 2. The van der Waals surface area contributed by atoms with Crippen molar-refractivity contribution in [3.05, 3.63) is 78.4 Å². The fourth-order valence-corrected chi connectivity index (χ4v) is 3.21. The fourth-order valence-electron chi connectivity index (χ4n) is 2.69. The van der Waals surface area contributed by atoms with Crippen LogP contribution in [-0.2, 0) is 19.6 Å². The third-order valence-corrected chi connectivity index (χ3v) is 4.76. The van der Waals surface area contributed by atoms with Crippen LogP contribution in [0.3, 0.4) is 0 Å². The van der Waals surface area contributed by atoms with Crippen LogP contribution in [0.1, 0.15) is 17.2 Å². The molecule has 6 nitrogen and oxygen atoms in total. The van der Waals surface area contributed by atoms with Gasteiger partial charge in [-0.3, -0.25) is 14.9 Å². The lowest BCUT2D eigenvalue weighted by atomic mass is 10.3. The molecule has 3 rings (SSSR count). The average Bonchev–Trinajstić information content (AvgIpc) is 3.14. The standard InChI is InChI=1S/C18H21N6.Al.2H/c1-3-7-20-16(5-1)13-19-11-12-24(15-18-22-9-10-23-18)14-17-6-2-4-8-21-17;;;/h1-10H,11-15H2,(H,22,23);;;/q-1;+1;;. The Morgan fingerprint density at radius 1 is 0.800 bits per heavy atom. The number of imidazole rings is 1. The maximum atomic E-state index is 4.46. The summed E-state index contributed by atoms with van der Waals surface area (Å²) in [7, 11) is 0. The van der Waals surface area contributed by atoms with E-state index in [1.807, 2.05) is 42.9 Å². The van der Waals surface area contributed by atoms with Crippen molar-refractivity contribution in [2.75, 3.05) is 13.1 Å². The van der Waals surface area contributed by atoms with E-state index in [1.54, 1.807) is 6.20 Å². The van der Waals surface area contributed by atoms with Crippen LogP contribution in [0, 0.1) is 0 Å². The van der Waals surface area contributed by atoms with Crippen LogP contribution in [-0.4, -0.2) is 58.3 Å². The first-order valence-electron chi connectivity index (χ1n) is 8.48. The maximum Gasteiger partial charge on any atom is 0.322 e.